The number of carbonyl (C=O) groups is 1. The predicted molar refractivity (Wildman–Crippen MR) is 78.4 cm³/mol. The van der Waals surface area contributed by atoms with Crippen LogP contribution in [0.1, 0.15) is 26.3 Å². The Bertz CT molecular complexity index is 430. The monoisotopic (exact) mass is 264 g/mol. The maximum atomic E-state index is 12.1. The summed E-state index contributed by atoms with van der Waals surface area (Å²) in [7, 11) is 0. The third kappa shape index (κ3) is 4.24. The fraction of sp³-hybridized carbons (Fsp3) is 0.533. The van der Waals surface area contributed by atoms with Crippen LogP contribution in [0.25, 0.3) is 0 Å². The van der Waals surface area contributed by atoms with Crippen molar-refractivity contribution in [1.29, 1.82) is 0 Å². The first-order valence-corrected chi connectivity index (χ1v) is 6.74. The molecule has 0 aliphatic heterocycles. The molecule has 4 nitrogen and oxygen atoms in total. The molecule has 1 amide bonds. The van der Waals surface area contributed by atoms with Gasteiger partial charge in [-0.05, 0) is 43.5 Å². The van der Waals surface area contributed by atoms with Gasteiger partial charge in [-0.25, -0.2) is 0 Å². The van der Waals surface area contributed by atoms with Gasteiger partial charge in [0.25, 0.3) is 0 Å². The molecule has 3 N–H and O–H groups in total. The normalized spacial score (nSPS) is 12.3. The zero-order valence-corrected chi connectivity index (χ0v) is 12.2. The van der Waals surface area contributed by atoms with Crippen LogP contribution >= 0.6 is 0 Å². The van der Waals surface area contributed by atoms with Gasteiger partial charge in [0.15, 0.2) is 0 Å². The van der Waals surface area contributed by atoms with E-state index < -0.39 is 0 Å². The first-order valence-electron chi connectivity index (χ1n) is 6.74. The van der Waals surface area contributed by atoms with Gasteiger partial charge in [0, 0.05) is 12.2 Å². The highest BCUT2D eigenvalue weighted by Crippen LogP contribution is 2.22. The Balaban J connectivity index is 2.79. The molecule has 0 spiro atoms. The number of amides is 1. The molecule has 106 valence electrons. The Labute approximate surface area is 115 Å². The lowest BCUT2D eigenvalue weighted by molar-refractivity contribution is -0.120. The maximum absolute atomic E-state index is 12.1. The number of aryl methyl sites for hydroxylation is 1. The smallest absolute Gasteiger partial charge is 0.229 e. The van der Waals surface area contributed by atoms with Crippen molar-refractivity contribution >= 4 is 11.6 Å². The van der Waals surface area contributed by atoms with Crippen LogP contribution < -0.4 is 15.8 Å². The van der Waals surface area contributed by atoms with E-state index in [0.717, 1.165) is 17.0 Å². The van der Waals surface area contributed by atoms with Crippen LogP contribution in [0.4, 0.5) is 5.69 Å². The maximum Gasteiger partial charge on any atom is 0.229 e. The summed E-state index contributed by atoms with van der Waals surface area (Å²) in [5, 5.41) is 2.94. The molecule has 0 radical (unpaired) electrons. The summed E-state index contributed by atoms with van der Waals surface area (Å²) in [6.07, 6.45) is 0. The van der Waals surface area contributed by atoms with Crippen LogP contribution in [0.5, 0.6) is 5.75 Å². The van der Waals surface area contributed by atoms with E-state index in [1.54, 1.807) is 0 Å². The molecular weight excluding hydrogens is 240 g/mol. The third-order valence-electron chi connectivity index (χ3n) is 3.16. The lowest BCUT2D eigenvalue weighted by Crippen LogP contribution is -2.33. The highest BCUT2D eigenvalue weighted by Gasteiger charge is 2.20. The van der Waals surface area contributed by atoms with Crippen molar-refractivity contribution in [3.8, 4) is 5.75 Å². The molecule has 0 aliphatic carbocycles. The lowest BCUT2D eigenvalue weighted by Gasteiger charge is -2.19. The zero-order chi connectivity index (χ0) is 14.4. The minimum atomic E-state index is -0.161. The van der Waals surface area contributed by atoms with E-state index >= 15 is 0 Å². The molecule has 0 saturated heterocycles. The van der Waals surface area contributed by atoms with Gasteiger partial charge in [-0.2, -0.15) is 0 Å². The average molecular weight is 264 g/mol. The molecule has 1 atom stereocenters. The van der Waals surface area contributed by atoms with E-state index in [9.17, 15) is 4.79 Å². The Morgan fingerprint density at radius 1 is 1.42 bits per heavy atom. The highest BCUT2D eigenvalue weighted by atomic mass is 16.5. The molecule has 19 heavy (non-hydrogen) atoms. The van der Waals surface area contributed by atoms with Crippen LogP contribution in [0.2, 0.25) is 0 Å². The fourth-order valence-corrected chi connectivity index (χ4v) is 1.94. The van der Waals surface area contributed by atoms with Crippen molar-refractivity contribution in [3.05, 3.63) is 23.8 Å². The van der Waals surface area contributed by atoms with E-state index in [2.05, 4.69) is 5.32 Å². The van der Waals surface area contributed by atoms with Gasteiger partial charge < -0.3 is 15.8 Å². The van der Waals surface area contributed by atoms with Crippen LogP contribution in [0.15, 0.2) is 18.2 Å². The van der Waals surface area contributed by atoms with Crippen LogP contribution in [-0.4, -0.2) is 19.1 Å². The number of hydrogen-bond acceptors (Lipinski definition) is 3. The van der Waals surface area contributed by atoms with E-state index in [1.165, 1.54) is 0 Å². The zero-order valence-electron chi connectivity index (χ0n) is 12.2. The van der Waals surface area contributed by atoms with Gasteiger partial charge in [-0.1, -0.05) is 13.8 Å². The van der Waals surface area contributed by atoms with Crippen molar-refractivity contribution in [2.24, 2.45) is 17.6 Å². The quantitative estimate of drug-likeness (QED) is 0.830. The molecule has 4 heteroatoms. The summed E-state index contributed by atoms with van der Waals surface area (Å²) in [5.41, 5.74) is 7.45. The number of hydrogen-bond donors (Lipinski definition) is 2. The molecule has 0 aromatic heterocycles. The predicted octanol–water partition coefficient (Wildman–Crippen LogP) is 2.56. The van der Waals surface area contributed by atoms with Gasteiger partial charge in [0.1, 0.15) is 5.75 Å². The Morgan fingerprint density at radius 2 is 2.11 bits per heavy atom. The van der Waals surface area contributed by atoms with E-state index in [1.807, 2.05) is 45.9 Å². The van der Waals surface area contributed by atoms with E-state index in [4.69, 9.17) is 10.5 Å². The molecule has 0 fully saturated rings. The third-order valence-corrected chi connectivity index (χ3v) is 3.16. The first-order chi connectivity index (χ1) is 8.99. The van der Waals surface area contributed by atoms with Gasteiger partial charge >= 0.3 is 0 Å². The Morgan fingerprint density at radius 3 is 2.58 bits per heavy atom. The lowest BCUT2D eigenvalue weighted by atomic mass is 9.95. The molecule has 1 aromatic carbocycles. The second kappa shape index (κ2) is 7.14. The molecule has 1 unspecified atom stereocenters. The van der Waals surface area contributed by atoms with Crippen LogP contribution in [-0.2, 0) is 4.79 Å². The minimum Gasteiger partial charge on any atom is -0.494 e. The van der Waals surface area contributed by atoms with Crippen molar-refractivity contribution in [3.63, 3.8) is 0 Å². The average Bonchev–Trinajstić information content (AvgIpc) is 2.33. The summed E-state index contributed by atoms with van der Waals surface area (Å²) in [5.74, 6) is 0.862. The number of anilines is 1. The number of carbonyl (C=O) groups excluding carboxylic acids is 1. The fourth-order valence-electron chi connectivity index (χ4n) is 1.94. The summed E-state index contributed by atoms with van der Waals surface area (Å²) in [6, 6.07) is 5.65. The molecule has 1 rings (SSSR count). The second-order valence-corrected chi connectivity index (χ2v) is 4.99. The number of nitrogens with one attached hydrogen (secondary N) is 1. The van der Waals surface area contributed by atoms with Crippen molar-refractivity contribution in [2.45, 2.75) is 27.7 Å². The number of nitrogens with two attached hydrogens (primary N) is 1. The summed E-state index contributed by atoms with van der Waals surface area (Å²) >= 11 is 0. The van der Waals surface area contributed by atoms with Gasteiger partial charge in [-0.3, -0.25) is 4.79 Å². The van der Waals surface area contributed by atoms with Crippen LogP contribution in [0.3, 0.4) is 0 Å². The second-order valence-electron chi connectivity index (χ2n) is 4.99. The van der Waals surface area contributed by atoms with Gasteiger partial charge in [0.2, 0.25) is 5.91 Å². The van der Waals surface area contributed by atoms with Crippen molar-refractivity contribution in [1.82, 2.24) is 0 Å². The van der Waals surface area contributed by atoms with E-state index in [0.29, 0.717) is 13.2 Å². The Hall–Kier alpha value is -1.55. The topological polar surface area (TPSA) is 64.3 Å². The van der Waals surface area contributed by atoms with Crippen molar-refractivity contribution in [2.75, 3.05) is 18.5 Å². The van der Waals surface area contributed by atoms with Crippen molar-refractivity contribution < 1.29 is 9.53 Å². The number of rotatable bonds is 6. The van der Waals surface area contributed by atoms with E-state index in [-0.39, 0.29) is 17.7 Å². The first kappa shape index (κ1) is 15.5. The largest absolute Gasteiger partial charge is 0.494 e. The molecule has 0 bridgehead atoms. The highest BCUT2D eigenvalue weighted by molar-refractivity contribution is 5.93. The molecule has 0 aliphatic rings. The van der Waals surface area contributed by atoms with Crippen LogP contribution in [0, 0.1) is 18.8 Å². The summed E-state index contributed by atoms with van der Waals surface area (Å²) in [4.78, 5) is 12.1. The van der Waals surface area contributed by atoms with Gasteiger partial charge in [-0.15, -0.1) is 0 Å². The summed E-state index contributed by atoms with van der Waals surface area (Å²) in [6.45, 7) is 8.89. The Kier molecular flexibility index (Phi) is 5.83. The molecule has 0 saturated carbocycles. The molecule has 1 aromatic rings. The summed E-state index contributed by atoms with van der Waals surface area (Å²) < 4.78 is 5.42. The molecule has 0 heterocycles. The SMILES string of the molecule is CCOc1ccc(NC(=O)C(CN)C(C)C)c(C)c1. The number of benzene rings is 1. The van der Waals surface area contributed by atoms with Gasteiger partial charge in [0.05, 0.1) is 12.5 Å². The standard InChI is InChI=1S/C15H24N2O2/c1-5-19-12-6-7-14(11(4)8-12)17-15(18)13(9-16)10(2)3/h6-8,10,13H,5,9,16H2,1-4H3,(H,17,18). The molecular formula is C15H24N2O2. The minimum absolute atomic E-state index is 0.0234. The number of ether oxygens (including phenoxy) is 1.